The number of aromatic nitrogens is 2. The second-order valence-corrected chi connectivity index (χ2v) is 6.03. The molecule has 0 atom stereocenters. The molecule has 25 heavy (non-hydrogen) atoms. The number of carboxylic acids is 1. The lowest BCUT2D eigenvalue weighted by molar-refractivity contribution is 0.0689. The van der Waals surface area contributed by atoms with Gasteiger partial charge in [0.2, 0.25) is 0 Å². The van der Waals surface area contributed by atoms with E-state index in [9.17, 15) is 9.18 Å². The molecule has 0 saturated heterocycles. The molecule has 3 aromatic rings. The molecule has 2 aromatic carbocycles. The highest BCUT2D eigenvalue weighted by atomic mass is 19.1. The van der Waals surface area contributed by atoms with Crippen LogP contribution >= 0.6 is 0 Å². The molecule has 5 heteroatoms. The van der Waals surface area contributed by atoms with Gasteiger partial charge in [0.1, 0.15) is 5.82 Å². The molecule has 1 aromatic heterocycles. The van der Waals surface area contributed by atoms with E-state index in [1.54, 1.807) is 17.7 Å². The second-order valence-electron chi connectivity index (χ2n) is 6.03. The molecule has 0 bridgehead atoms. The predicted octanol–water partition coefficient (Wildman–Crippen LogP) is 3.86. The number of nitrogens with zero attached hydrogens (tertiary/aromatic N) is 2. The standard InChI is InChI=1S/C20H19FN2O2/c1-14-11-19(20(24)25)22-23(14)13-17-12-18(21)10-9-16(17)8-7-15-5-3-2-4-6-15/h2-6,9-12H,7-8,13H2,1H3,(H,24,25). The summed E-state index contributed by atoms with van der Waals surface area (Å²) in [6.45, 7) is 2.14. The lowest BCUT2D eigenvalue weighted by Gasteiger charge is -2.11. The molecule has 3 rings (SSSR count). The zero-order chi connectivity index (χ0) is 17.8. The Morgan fingerprint density at radius 3 is 2.52 bits per heavy atom. The van der Waals surface area contributed by atoms with Crippen LogP contribution in [-0.2, 0) is 19.4 Å². The van der Waals surface area contributed by atoms with Gasteiger partial charge in [0.15, 0.2) is 5.69 Å². The van der Waals surface area contributed by atoms with Crippen molar-refractivity contribution in [2.75, 3.05) is 0 Å². The van der Waals surface area contributed by atoms with Crippen molar-refractivity contribution < 1.29 is 14.3 Å². The van der Waals surface area contributed by atoms with Crippen molar-refractivity contribution in [3.8, 4) is 0 Å². The number of carboxylic acid groups (broad SMARTS) is 1. The Labute approximate surface area is 145 Å². The summed E-state index contributed by atoms with van der Waals surface area (Å²) in [6, 6.07) is 16.4. The lowest BCUT2D eigenvalue weighted by atomic mass is 9.99. The summed E-state index contributed by atoms with van der Waals surface area (Å²) in [5, 5.41) is 13.2. The third-order valence-electron chi connectivity index (χ3n) is 4.21. The number of aryl methyl sites for hydroxylation is 3. The minimum Gasteiger partial charge on any atom is -0.476 e. The molecule has 4 nitrogen and oxygen atoms in total. The van der Waals surface area contributed by atoms with Crippen LogP contribution in [0.3, 0.4) is 0 Å². The molecule has 0 fully saturated rings. The van der Waals surface area contributed by atoms with Crippen LogP contribution in [0.5, 0.6) is 0 Å². The second kappa shape index (κ2) is 7.30. The molecular weight excluding hydrogens is 319 g/mol. The molecule has 0 spiro atoms. The Hall–Kier alpha value is -2.95. The van der Waals surface area contributed by atoms with E-state index in [0.717, 1.165) is 29.7 Å². The van der Waals surface area contributed by atoms with Gasteiger partial charge < -0.3 is 5.11 Å². The number of hydrogen-bond acceptors (Lipinski definition) is 2. The van der Waals surface area contributed by atoms with Crippen LogP contribution < -0.4 is 0 Å². The number of carbonyl (C=O) groups is 1. The topological polar surface area (TPSA) is 55.1 Å². The molecule has 0 unspecified atom stereocenters. The van der Waals surface area contributed by atoms with Crippen LogP contribution in [0.25, 0.3) is 0 Å². The van der Waals surface area contributed by atoms with Gasteiger partial charge in [-0.2, -0.15) is 5.10 Å². The summed E-state index contributed by atoms with van der Waals surface area (Å²) < 4.78 is 15.3. The SMILES string of the molecule is Cc1cc(C(=O)O)nn1Cc1cc(F)ccc1CCc1ccccc1. The van der Waals surface area contributed by atoms with E-state index < -0.39 is 5.97 Å². The van der Waals surface area contributed by atoms with Crippen LogP contribution in [0.1, 0.15) is 32.9 Å². The van der Waals surface area contributed by atoms with Crippen molar-refractivity contribution in [1.29, 1.82) is 0 Å². The van der Waals surface area contributed by atoms with Gasteiger partial charge in [-0.15, -0.1) is 0 Å². The van der Waals surface area contributed by atoms with E-state index in [1.165, 1.54) is 23.8 Å². The predicted molar refractivity (Wildman–Crippen MR) is 93.3 cm³/mol. The summed E-state index contributed by atoms with van der Waals surface area (Å²) in [6.07, 6.45) is 1.64. The smallest absolute Gasteiger partial charge is 0.356 e. The van der Waals surface area contributed by atoms with Crippen LogP contribution in [-0.4, -0.2) is 20.9 Å². The fourth-order valence-corrected chi connectivity index (χ4v) is 2.85. The van der Waals surface area contributed by atoms with Crippen molar-refractivity contribution in [3.63, 3.8) is 0 Å². The van der Waals surface area contributed by atoms with Gasteiger partial charge in [0.25, 0.3) is 0 Å². The van der Waals surface area contributed by atoms with Gasteiger partial charge in [-0.05, 0) is 54.7 Å². The van der Waals surface area contributed by atoms with Gasteiger partial charge in [-0.1, -0.05) is 36.4 Å². The number of hydrogen-bond donors (Lipinski definition) is 1. The summed E-state index contributed by atoms with van der Waals surface area (Å²) in [4.78, 5) is 11.1. The fourth-order valence-electron chi connectivity index (χ4n) is 2.85. The molecular formula is C20H19FN2O2. The van der Waals surface area contributed by atoms with Gasteiger partial charge in [0, 0.05) is 5.69 Å². The maximum atomic E-state index is 13.7. The maximum Gasteiger partial charge on any atom is 0.356 e. The highest BCUT2D eigenvalue weighted by molar-refractivity contribution is 5.85. The largest absolute Gasteiger partial charge is 0.476 e. The lowest BCUT2D eigenvalue weighted by Crippen LogP contribution is -2.09. The Morgan fingerprint density at radius 2 is 1.84 bits per heavy atom. The van der Waals surface area contributed by atoms with Crippen molar-refractivity contribution in [3.05, 3.63) is 88.5 Å². The minimum atomic E-state index is -1.06. The van der Waals surface area contributed by atoms with E-state index in [1.807, 2.05) is 18.2 Å². The molecule has 0 radical (unpaired) electrons. The molecule has 1 N–H and O–H groups in total. The molecule has 0 aliphatic heterocycles. The first-order chi connectivity index (χ1) is 12.0. The Balaban J connectivity index is 1.83. The third kappa shape index (κ3) is 4.12. The Morgan fingerprint density at radius 1 is 1.08 bits per heavy atom. The fraction of sp³-hybridized carbons (Fsp3) is 0.200. The van der Waals surface area contributed by atoms with E-state index in [-0.39, 0.29) is 11.5 Å². The first-order valence-corrected chi connectivity index (χ1v) is 8.12. The first-order valence-electron chi connectivity index (χ1n) is 8.12. The summed E-state index contributed by atoms with van der Waals surface area (Å²) in [7, 11) is 0. The Bertz CT molecular complexity index is 888. The molecule has 0 amide bonds. The summed E-state index contributed by atoms with van der Waals surface area (Å²) >= 11 is 0. The summed E-state index contributed by atoms with van der Waals surface area (Å²) in [5.41, 5.74) is 3.81. The minimum absolute atomic E-state index is 0.000242. The zero-order valence-electron chi connectivity index (χ0n) is 13.9. The first kappa shape index (κ1) is 16.9. The van der Waals surface area contributed by atoms with Gasteiger partial charge in [-0.25, -0.2) is 9.18 Å². The van der Waals surface area contributed by atoms with Crippen molar-refractivity contribution >= 4 is 5.97 Å². The molecule has 0 aliphatic carbocycles. The zero-order valence-corrected chi connectivity index (χ0v) is 13.9. The number of halogens is 1. The van der Waals surface area contributed by atoms with E-state index in [2.05, 4.69) is 17.2 Å². The Kier molecular flexibility index (Phi) is 4.93. The summed E-state index contributed by atoms with van der Waals surface area (Å²) in [5.74, 6) is -1.37. The van der Waals surface area contributed by atoms with E-state index in [0.29, 0.717) is 6.54 Å². The monoisotopic (exact) mass is 338 g/mol. The third-order valence-corrected chi connectivity index (χ3v) is 4.21. The van der Waals surface area contributed by atoms with Gasteiger partial charge >= 0.3 is 5.97 Å². The van der Waals surface area contributed by atoms with Crippen molar-refractivity contribution in [1.82, 2.24) is 9.78 Å². The van der Waals surface area contributed by atoms with Crippen LogP contribution in [0.15, 0.2) is 54.6 Å². The normalized spacial score (nSPS) is 10.8. The van der Waals surface area contributed by atoms with Gasteiger partial charge in [0.05, 0.1) is 6.54 Å². The van der Waals surface area contributed by atoms with E-state index >= 15 is 0 Å². The number of benzene rings is 2. The van der Waals surface area contributed by atoms with Crippen LogP contribution in [0.4, 0.5) is 4.39 Å². The molecule has 128 valence electrons. The highest BCUT2D eigenvalue weighted by Gasteiger charge is 2.13. The average Bonchev–Trinajstić information content (AvgIpc) is 2.96. The maximum absolute atomic E-state index is 13.7. The van der Waals surface area contributed by atoms with Crippen molar-refractivity contribution in [2.24, 2.45) is 0 Å². The van der Waals surface area contributed by atoms with Gasteiger partial charge in [-0.3, -0.25) is 4.68 Å². The molecule has 0 saturated carbocycles. The quantitative estimate of drug-likeness (QED) is 0.742. The molecule has 0 aliphatic rings. The highest BCUT2D eigenvalue weighted by Crippen LogP contribution is 2.17. The van der Waals surface area contributed by atoms with Crippen LogP contribution in [0.2, 0.25) is 0 Å². The number of rotatable bonds is 6. The number of aromatic carboxylic acids is 1. The average molecular weight is 338 g/mol. The van der Waals surface area contributed by atoms with Crippen LogP contribution in [0, 0.1) is 12.7 Å². The van der Waals surface area contributed by atoms with Crippen molar-refractivity contribution in [2.45, 2.75) is 26.3 Å². The molecule has 1 heterocycles. The van der Waals surface area contributed by atoms with E-state index in [4.69, 9.17) is 5.11 Å².